The van der Waals surface area contributed by atoms with E-state index in [0.717, 1.165) is 42.5 Å². The summed E-state index contributed by atoms with van der Waals surface area (Å²) in [6.07, 6.45) is 2.85. The highest BCUT2D eigenvalue weighted by atomic mass is 16.4. The molecule has 1 saturated heterocycles. The highest BCUT2D eigenvalue weighted by molar-refractivity contribution is 5.81. The summed E-state index contributed by atoms with van der Waals surface area (Å²) >= 11 is 0. The Morgan fingerprint density at radius 3 is 2.36 bits per heavy atom. The average molecular weight is 480 g/mol. The highest BCUT2D eigenvalue weighted by Gasteiger charge is 2.37. The van der Waals surface area contributed by atoms with E-state index in [4.69, 9.17) is 14.7 Å². The minimum absolute atomic E-state index is 0.175. The fourth-order valence-corrected chi connectivity index (χ4v) is 4.98. The second kappa shape index (κ2) is 8.76. The number of hydrogen-bond acceptors (Lipinski definition) is 6. The fourth-order valence-electron chi connectivity index (χ4n) is 4.98. The van der Waals surface area contributed by atoms with Gasteiger partial charge in [-0.1, -0.05) is 36.4 Å². The molecule has 180 valence electrons. The standard InChI is InChI=1S/C28H25N5O3/c1-17-30-24-26(36-17)31-25(22-8-6-21(7-9-22)20-4-2-18(14-29)3-5-20)33(28(24)35)16-19-12-13-32(15-19)27(34)23-10-11-23/h2-9,19,23H,10-13,15-16H2,1H3. The molecule has 1 amide bonds. The average Bonchev–Trinajstić information content (AvgIpc) is 3.53. The first-order valence-corrected chi connectivity index (χ1v) is 12.3. The number of aryl methyl sites for hydroxylation is 1. The number of oxazole rings is 1. The molecule has 2 aromatic carbocycles. The first-order chi connectivity index (χ1) is 17.5. The number of rotatable bonds is 5. The van der Waals surface area contributed by atoms with Crippen LogP contribution in [0, 0.1) is 30.1 Å². The lowest BCUT2D eigenvalue weighted by atomic mass is 10.0. The van der Waals surface area contributed by atoms with Crippen molar-refractivity contribution in [1.29, 1.82) is 5.26 Å². The number of aromatic nitrogens is 3. The first kappa shape index (κ1) is 22.2. The van der Waals surface area contributed by atoms with Gasteiger partial charge in [-0.05, 0) is 48.4 Å². The molecular formula is C28H25N5O3. The lowest BCUT2D eigenvalue weighted by molar-refractivity contribution is -0.131. The molecule has 4 aromatic rings. The number of nitriles is 1. The molecule has 6 rings (SSSR count). The minimum atomic E-state index is -0.227. The largest absolute Gasteiger partial charge is 0.422 e. The van der Waals surface area contributed by atoms with Gasteiger partial charge in [-0.2, -0.15) is 10.2 Å². The molecule has 2 aromatic heterocycles. The Hall–Kier alpha value is -4.25. The Bertz CT molecular complexity index is 1560. The van der Waals surface area contributed by atoms with Gasteiger partial charge in [0.25, 0.3) is 11.3 Å². The Labute approximate surface area is 207 Å². The van der Waals surface area contributed by atoms with Crippen LogP contribution in [-0.2, 0) is 11.3 Å². The number of amides is 1. The van der Waals surface area contributed by atoms with E-state index >= 15 is 0 Å². The Morgan fingerprint density at radius 2 is 1.69 bits per heavy atom. The van der Waals surface area contributed by atoms with Gasteiger partial charge in [0.1, 0.15) is 5.82 Å². The van der Waals surface area contributed by atoms with Crippen LogP contribution in [0.4, 0.5) is 0 Å². The Morgan fingerprint density at radius 1 is 1.03 bits per heavy atom. The number of likely N-dealkylation sites (tertiary alicyclic amines) is 1. The van der Waals surface area contributed by atoms with E-state index in [1.165, 1.54) is 0 Å². The zero-order chi connectivity index (χ0) is 24.8. The number of carbonyl (C=O) groups is 1. The summed E-state index contributed by atoms with van der Waals surface area (Å²) in [5.74, 6) is 1.56. The van der Waals surface area contributed by atoms with Crippen LogP contribution in [0.2, 0.25) is 0 Å². The summed E-state index contributed by atoms with van der Waals surface area (Å²) < 4.78 is 7.31. The smallest absolute Gasteiger partial charge is 0.283 e. The summed E-state index contributed by atoms with van der Waals surface area (Å²) in [4.78, 5) is 37.0. The van der Waals surface area contributed by atoms with Gasteiger partial charge in [0, 0.05) is 38.0 Å². The van der Waals surface area contributed by atoms with Crippen molar-refractivity contribution in [3.05, 3.63) is 70.3 Å². The van der Waals surface area contributed by atoms with E-state index in [-0.39, 0.29) is 34.5 Å². The number of benzene rings is 2. The van der Waals surface area contributed by atoms with E-state index < -0.39 is 0 Å². The van der Waals surface area contributed by atoms with Crippen molar-refractivity contribution in [3.63, 3.8) is 0 Å². The second-order valence-corrected chi connectivity index (χ2v) is 9.72. The van der Waals surface area contributed by atoms with Crippen molar-refractivity contribution in [1.82, 2.24) is 19.4 Å². The molecule has 8 nitrogen and oxygen atoms in total. The molecule has 1 unspecified atom stereocenters. The summed E-state index contributed by atoms with van der Waals surface area (Å²) in [5.41, 5.74) is 3.64. The van der Waals surface area contributed by atoms with E-state index in [1.807, 2.05) is 41.3 Å². The van der Waals surface area contributed by atoms with Crippen LogP contribution in [0.5, 0.6) is 0 Å². The third kappa shape index (κ3) is 4.07. The predicted octanol–water partition coefficient (Wildman–Crippen LogP) is 4.16. The van der Waals surface area contributed by atoms with Crippen molar-refractivity contribution in [3.8, 4) is 28.6 Å². The summed E-state index contributed by atoms with van der Waals surface area (Å²) in [6.45, 7) is 3.57. The molecule has 2 aliphatic rings. The molecule has 0 radical (unpaired) electrons. The van der Waals surface area contributed by atoms with Gasteiger partial charge < -0.3 is 9.32 Å². The summed E-state index contributed by atoms with van der Waals surface area (Å²) in [5, 5.41) is 9.04. The van der Waals surface area contributed by atoms with Crippen molar-refractivity contribution in [2.24, 2.45) is 11.8 Å². The monoisotopic (exact) mass is 479 g/mol. The van der Waals surface area contributed by atoms with Gasteiger partial charge in [-0.3, -0.25) is 14.2 Å². The van der Waals surface area contributed by atoms with Crippen LogP contribution in [0.15, 0.2) is 57.7 Å². The van der Waals surface area contributed by atoms with Gasteiger partial charge in [-0.15, -0.1) is 0 Å². The zero-order valence-electron chi connectivity index (χ0n) is 20.0. The Balaban J connectivity index is 1.34. The minimum Gasteiger partial charge on any atom is -0.422 e. The molecule has 0 bridgehead atoms. The van der Waals surface area contributed by atoms with E-state index in [2.05, 4.69) is 11.1 Å². The molecule has 2 fully saturated rings. The van der Waals surface area contributed by atoms with Crippen molar-refractivity contribution < 1.29 is 9.21 Å². The predicted molar refractivity (Wildman–Crippen MR) is 134 cm³/mol. The zero-order valence-corrected chi connectivity index (χ0v) is 20.0. The van der Waals surface area contributed by atoms with Crippen LogP contribution >= 0.6 is 0 Å². The fraction of sp³-hybridized carbons (Fsp3) is 0.321. The van der Waals surface area contributed by atoms with Gasteiger partial charge in [0.05, 0.1) is 11.6 Å². The summed E-state index contributed by atoms with van der Waals surface area (Å²) in [6, 6.07) is 17.4. The number of carbonyl (C=O) groups excluding carboxylic acids is 1. The quantitative estimate of drug-likeness (QED) is 0.426. The highest BCUT2D eigenvalue weighted by Crippen LogP contribution is 2.33. The molecule has 1 aliphatic heterocycles. The number of hydrogen-bond donors (Lipinski definition) is 0. The molecule has 0 spiro atoms. The van der Waals surface area contributed by atoms with Crippen molar-refractivity contribution in [2.75, 3.05) is 13.1 Å². The lowest BCUT2D eigenvalue weighted by Gasteiger charge is -2.18. The molecule has 1 atom stereocenters. The van der Waals surface area contributed by atoms with Crippen LogP contribution in [0.25, 0.3) is 33.7 Å². The van der Waals surface area contributed by atoms with Gasteiger partial charge >= 0.3 is 0 Å². The molecule has 0 N–H and O–H groups in total. The maximum atomic E-state index is 13.5. The lowest BCUT2D eigenvalue weighted by Crippen LogP contribution is -2.32. The SMILES string of the molecule is Cc1nc2c(=O)n(CC3CCN(C(=O)C4CC4)C3)c(-c3ccc(-c4ccc(C#N)cc4)cc3)nc2o1. The number of nitrogens with zero attached hydrogens (tertiary/aromatic N) is 5. The van der Waals surface area contributed by atoms with Crippen LogP contribution < -0.4 is 5.56 Å². The van der Waals surface area contributed by atoms with Crippen molar-refractivity contribution >= 4 is 17.1 Å². The van der Waals surface area contributed by atoms with Crippen LogP contribution in [0.3, 0.4) is 0 Å². The molecule has 1 aliphatic carbocycles. The topological polar surface area (TPSA) is 105 Å². The normalized spacial score (nSPS) is 17.4. The van der Waals surface area contributed by atoms with E-state index in [0.29, 0.717) is 30.4 Å². The molecule has 3 heterocycles. The third-order valence-electron chi connectivity index (χ3n) is 7.08. The molecule has 1 saturated carbocycles. The first-order valence-electron chi connectivity index (χ1n) is 12.3. The van der Waals surface area contributed by atoms with Crippen LogP contribution in [-0.4, -0.2) is 38.4 Å². The number of fused-ring (bicyclic) bond motifs is 1. The van der Waals surface area contributed by atoms with Gasteiger partial charge in [0.2, 0.25) is 5.91 Å². The van der Waals surface area contributed by atoms with Gasteiger partial charge in [-0.25, -0.2) is 4.98 Å². The molecule has 8 heteroatoms. The summed E-state index contributed by atoms with van der Waals surface area (Å²) in [7, 11) is 0. The maximum Gasteiger partial charge on any atom is 0.283 e. The Kier molecular flexibility index (Phi) is 5.41. The third-order valence-corrected chi connectivity index (χ3v) is 7.08. The molecular weight excluding hydrogens is 454 g/mol. The van der Waals surface area contributed by atoms with E-state index in [9.17, 15) is 9.59 Å². The van der Waals surface area contributed by atoms with E-state index in [1.54, 1.807) is 23.6 Å². The van der Waals surface area contributed by atoms with Crippen LogP contribution in [0.1, 0.15) is 30.7 Å². The van der Waals surface area contributed by atoms with Gasteiger partial charge in [0.15, 0.2) is 11.4 Å². The molecule has 36 heavy (non-hydrogen) atoms. The van der Waals surface area contributed by atoms with Crippen molar-refractivity contribution in [2.45, 2.75) is 32.7 Å². The maximum absolute atomic E-state index is 13.5. The second-order valence-electron chi connectivity index (χ2n) is 9.72.